The van der Waals surface area contributed by atoms with Gasteiger partial charge in [-0.1, -0.05) is 30.3 Å². The van der Waals surface area contributed by atoms with Gasteiger partial charge < -0.3 is 14.0 Å². The average Bonchev–Trinajstić information content (AvgIpc) is 3.15. The zero-order valence-corrected chi connectivity index (χ0v) is 12.7. The maximum atomic E-state index is 12.2. The average molecular weight is 322 g/mol. The first-order valence-electron chi connectivity index (χ1n) is 7.53. The number of ether oxygens (including phenoxy) is 1. The third-order valence-electron chi connectivity index (χ3n) is 3.72. The maximum absolute atomic E-state index is 12.2. The molecule has 3 aromatic rings. The van der Waals surface area contributed by atoms with Crippen LogP contribution in [0.1, 0.15) is 17.4 Å². The molecule has 1 aliphatic rings. The Morgan fingerprint density at radius 2 is 1.92 bits per heavy atom. The summed E-state index contributed by atoms with van der Waals surface area (Å²) >= 11 is 0. The van der Waals surface area contributed by atoms with Crippen molar-refractivity contribution in [2.45, 2.75) is 12.7 Å². The second-order valence-corrected chi connectivity index (χ2v) is 5.39. The summed E-state index contributed by atoms with van der Waals surface area (Å²) in [5.41, 5.74) is 1.38. The smallest absolute Gasteiger partial charge is 0.193 e. The van der Waals surface area contributed by atoms with Gasteiger partial charge in [-0.25, -0.2) is 0 Å². The molecule has 0 saturated carbocycles. The van der Waals surface area contributed by atoms with E-state index < -0.39 is 6.10 Å². The maximum Gasteiger partial charge on any atom is 0.193 e. The van der Waals surface area contributed by atoms with Crippen LogP contribution >= 0.6 is 0 Å². The molecule has 24 heavy (non-hydrogen) atoms. The monoisotopic (exact) mass is 322 g/mol. The molecule has 0 N–H and O–H groups in total. The van der Waals surface area contributed by atoms with Crippen LogP contribution in [0.2, 0.25) is 0 Å². The Hall–Kier alpha value is -3.05. The molecule has 5 nitrogen and oxygen atoms in total. The summed E-state index contributed by atoms with van der Waals surface area (Å²) in [6, 6.07) is 16.4. The SMILES string of the molecule is O=c1cc(C2C=COO2)oc2cc(OCc3ccccc3)ccc12. The van der Waals surface area contributed by atoms with Crippen molar-refractivity contribution in [1.29, 1.82) is 0 Å². The summed E-state index contributed by atoms with van der Waals surface area (Å²) in [6.07, 6.45) is 2.56. The van der Waals surface area contributed by atoms with Gasteiger partial charge in [-0.2, -0.15) is 4.89 Å². The summed E-state index contributed by atoms with van der Waals surface area (Å²) in [4.78, 5) is 21.9. The van der Waals surface area contributed by atoms with Gasteiger partial charge in [0, 0.05) is 12.1 Å². The molecule has 2 aromatic carbocycles. The van der Waals surface area contributed by atoms with Crippen molar-refractivity contribution in [2.24, 2.45) is 0 Å². The van der Waals surface area contributed by atoms with E-state index in [1.165, 1.54) is 12.3 Å². The highest BCUT2D eigenvalue weighted by molar-refractivity contribution is 5.78. The van der Waals surface area contributed by atoms with E-state index in [0.29, 0.717) is 29.1 Å². The highest BCUT2D eigenvalue weighted by atomic mass is 17.2. The summed E-state index contributed by atoms with van der Waals surface area (Å²) in [6.45, 7) is 0.443. The fourth-order valence-corrected chi connectivity index (χ4v) is 2.49. The Bertz CT molecular complexity index is 943. The van der Waals surface area contributed by atoms with E-state index in [9.17, 15) is 4.79 Å². The Morgan fingerprint density at radius 1 is 1.04 bits per heavy atom. The Morgan fingerprint density at radius 3 is 2.71 bits per heavy atom. The van der Waals surface area contributed by atoms with Gasteiger partial charge in [-0.05, 0) is 23.8 Å². The normalized spacial score (nSPS) is 16.2. The summed E-state index contributed by atoms with van der Waals surface area (Å²) < 4.78 is 11.6. The van der Waals surface area contributed by atoms with Crippen molar-refractivity contribution in [3.63, 3.8) is 0 Å². The molecule has 0 aliphatic carbocycles. The van der Waals surface area contributed by atoms with Gasteiger partial charge in [-0.3, -0.25) is 4.79 Å². The zero-order valence-electron chi connectivity index (χ0n) is 12.7. The van der Waals surface area contributed by atoms with E-state index in [1.807, 2.05) is 30.3 Å². The molecular formula is C19H14O5. The number of hydrogen-bond acceptors (Lipinski definition) is 5. The molecule has 0 radical (unpaired) electrons. The minimum atomic E-state index is -0.518. The van der Waals surface area contributed by atoms with E-state index in [4.69, 9.17) is 18.9 Å². The van der Waals surface area contributed by atoms with Crippen LogP contribution in [0.5, 0.6) is 5.75 Å². The summed E-state index contributed by atoms with van der Waals surface area (Å²) in [5, 5.41) is 0.494. The first-order chi connectivity index (χ1) is 11.8. The minimum absolute atomic E-state index is 0.134. The van der Waals surface area contributed by atoms with Gasteiger partial charge in [0.05, 0.1) is 5.39 Å². The van der Waals surface area contributed by atoms with Crippen molar-refractivity contribution < 1.29 is 18.9 Å². The topological polar surface area (TPSA) is 57.9 Å². The van der Waals surface area contributed by atoms with Crippen molar-refractivity contribution in [1.82, 2.24) is 0 Å². The molecular weight excluding hydrogens is 308 g/mol. The predicted octanol–water partition coefficient (Wildman–Crippen LogP) is 3.89. The third kappa shape index (κ3) is 2.89. The van der Waals surface area contributed by atoms with E-state index >= 15 is 0 Å². The molecule has 0 amide bonds. The molecule has 1 atom stereocenters. The third-order valence-corrected chi connectivity index (χ3v) is 3.72. The van der Waals surface area contributed by atoms with Crippen LogP contribution in [0.3, 0.4) is 0 Å². The summed E-state index contributed by atoms with van der Waals surface area (Å²) in [7, 11) is 0. The minimum Gasteiger partial charge on any atom is -0.489 e. The first-order valence-corrected chi connectivity index (χ1v) is 7.53. The van der Waals surface area contributed by atoms with Crippen LogP contribution in [-0.4, -0.2) is 0 Å². The highest BCUT2D eigenvalue weighted by Gasteiger charge is 2.19. The molecule has 0 fully saturated rings. The lowest BCUT2D eigenvalue weighted by Crippen LogP contribution is -2.05. The molecule has 5 heteroatoms. The molecule has 1 aromatic heterocycles. The molecule has 2 heterocycles. The number of rotatable bonds is 4. The van der Waals surface area contributed by atoms with Crippen LogP contribution < -0.4 is 10.2 Å². The van der Waals surface area contributed by atoms with E-state index in [0.717, 1.165) is 5.56 Å². The molecule has 1 aliphatic heterocycles. The van der Waals surface area contributed by atoms with E-state index in [2.05, 4.69) is 0 Å². The number of hydrogen-bond donors (Lipinski definition) is 0. The van der Waals surface area contributed by atoms with E-state index in [-0.39, 0.29) is 5.43 Å². The van der Waals surface area contributed by atoms with Gasteiger partial charge >= 0.3 is 0 Å². The number of benzene rings is 2. The van der Waals surface area contributed by atoms with Gasteiger partial charge in [0.2, 0.25) is 0 Å². The Balaban J connectivity index is 1.63. The first kappa shape index (κ1) is 14.5. The lowest BCUT2D eigenvalue weighted by Gasteiger charge is -2.09. The van der Waals surface area contributed by atoms with Crippen LogP contribution in [-0.2, 0) is 16.4 Å². The lowest BCUT2D eigenvalue weighted by molar-refractivity contribution is -0.257. The van der Waals surface area contributed by atoms with Crippen LogP contribution in [0.4, 0.5) is 0 Å². The molecule has 0 saturated heterocycles. The molecule has 0 bridgehead atoms. The molecule has 120 valence electrons. The van der Waals surface area contributed by atoms with Crippen molar-refractivity contribution in [3.8, 4) is 5.75 Å². The lowest BCUT2D eigenvalue weighted by atomic mass is 10.2. The quantitative estimate of drug-likeness (QED) is 0.682. The van der Waals surface area contributed by atoms with Gasteiger partial charge in [0.15, 0.2) is 11.5 Å². The standard InChI is InChI=1S/C19H14O5/c20-16-11-19(17-8-9-22-24-17)23-18-10-14(6-7-15(16)18)21-12-13-4-2-1-3-5-13/h1-11,17H,12H2. The zero-order chi connectivity index (χ0) is 16.4. The fourth-order valence-electron chi connectivity index (χ4n) is 2.49. The van der Waals surface area contributed by atoms with Gasteiger partial charge in [0.1, 0.15) is 30.0 Å². The van der Waals surface area contributed by atoms with Crippen molar-refractivity contribution in [3.05, 3.63) is 88.5 Å². The Labute approximate surface area is 137 Å². The van der Waals surface area contributed by atoms with Gasteiger partial charge in [-0.15, -0.1) is 0 Å². The largest absolute Gasteiger partial charge is 0.489 e. The fraction of sp³-hybridized carbons (Fsp3) is 0.105. The second-order valence-electron chi connectivity index (χ2n) is 5.39. The second kappa shape index (κ2) is 6.22. The van der Waals surface area contributed by atoms with Gasteiger partial charge in [0.25, 0.3) is 0 Å². The van der Waals surface area contributed by atoms with E-state index in [1.54, 1.807) is 24.3 Å². The Kier molecular flexibility index (Phi) is 3.76. The highest BCUT2D eigenvalue weighted by Crippen LogP contribution is 2.27. The number of fused-ring (bicyclic) bond motifs is 1. The predicted molar refractivity (Wildman–Crippen MR) is 87.3 cm³/mol. The summed E-state index contributed by atoms with van der Waals surface area (Å²) in [5.74, 6) is 1.02. The van der Waals surface area contributed by atoms with Crippen LogP contribution in [0.15, 0.2) is 76.1 Å². The van der Waals surface area contributed by atoms with Crippen molar-refractivity contribution in [2.75, 3.05) is 0 Å². The van der Waals surface area contributed by atoms with Crippen LogP contribution in [0.25, 0.3) is 11.0 Å². The van der Waals surface area contributed by atoms with Crippen LogP contribution in [0, 0.1) is 0 Å². The van der Waals surface area contributed by atoms with Crippen molar-refractivity contribution >= 4 is 11.0 Å². The molecule has 0 spiro atoms. The molecule has 1 unspecified atom stereocenters. The molecule has 4 rings (SSSR count).